The van der Waals surface area contributed by atoms with Gasteiger partial charge in [-0.15, -0.1) is 0 Å². The summed E-state index contributed by atoms with van der Waals surface area (Å²) in [7, 11) is 0. The highest BCUT2D eigenvalue weighted by atomic mass is 19.3. The summed E-state index contributed by atoms with van der Waals surface area (Å²) in [6.45, 7) is 0.117. The van der Waals surface area contributed by atoms with Crippen molar-refractivity contribution in [3.8, 4) is 5.75 Å². The van der Waals surface area contributed by atoms with Gasteiger partial charge in [-0.05, 0) is 17.7 Å². The highest BCUT2D eigenvalue weighted by molar-refractivity contribution is 5.70. The number of carbonyl (C=O) groups excluding carboxylic acids is 1. The molecule has 1 aromatic carbocycles. The SMILES string of the molecule is O=C1N[C@@H](c2ccc(OC(F)(F)C(F)F)cc2)CO1. The van der Waals surface area contributed by atoms with E-state index in [0.29, 0.717) is 5.56 Å². The normalized spacial score (nSPS) is 19.2. The van der Waals surface area contributed by atoms with Gasteiger partial charge in [-0.2, -0.15) is 17.6 Å². The summed E-state index contributed by atoms with van der Waals surface area (Å²) < 4.78 is 57.7. The zero-order chi connectivity index (χ0) is 14.0. The van der Waals surface area contributed by atoms with Gasteiger partial charge in [0.05, 0.1) is 6.04 Å². The van der Waals surface area contributed by atoms with Crippen molar-refractivity contribution in [2.45, 2.75) is 18.6 Å². The van der Waals surface area contributed by atoms with Crippen molar-refractivity contribution in [3.05, 3.63) is 29.8 Å². The molecular formula is C11H9F4NO3. The lowest BCUT2D eigenvalue weighted by molar-refractivity contribution is -0.253. The first-order valence-corrected chi connectivity index (χ1v) is 5.27. The third kappa shape index (κ3) is 3.07. The number of benzene rings is 1. The lowest BCUT2D eigenvalue weighted by atomic mass is 10.1. The first kappa shape index (κ1) is 13.4. The molecule has 104 valence electrons. The fourth-order valence-corrected chi connectivity index (χ4v) is 1.53. The van der Waals surface area contributed by atoms with Gasteiger partial charge >= 0.3 is 18.6 Å². The second kappa shape index (κ2) is 4.94. The van der Waals surface area contributed by atoms with E-state index in [2.05, 4.69) is 14.8 Å². The summed E-state index contributed by atoms with van der Waals surface area (Å²) in [5, 5.41) is 2.49. The predicted octanol–water partition coefficient (Wildman–Crippen LogP) is 2.70. The first-order chi connectivity index (χ1) is 8.88. The number of alkyl carbamates (subject to hydrolysis) is 1. The minimum absolute atomic E-state index is 0.117. The minimum Gasteiger partial charge on any atom is -0.447 e. The molecule has 1 amide bonds. The van der Waals surface area contributed by atoms with E-state index in [1.807, 2.05) is 0 Å². The largest absolute Gasteiger partial charge is 0.461 e. The molecule has 0 aliphatic carbocycles. The van der Waals surface area contributed by atoms with Gasteiger partial charge < -0.3 is 14.8 Å². The van der Waals surface area contributed by atoms with Crippen LogP contribution in [-0.2, 0) is 4.74 Å². The third-order valence-corrected chi connectivity index (χ3v) is 2.46. The number of carbonyl (C=O) groups is 1. The van der Waals surface area contributed by atoms with E-state index in [1.54, 1.807) is 0 Å². The Morgan fingerprint density at radius 1 is 1.32 bits per heavy atom. The molecule has 0 spiro atoms. The summed E-state index contributed by atoms with van der Waals surface area (Å²) in [6, 6.07) is 4.62. The van der Waals surface area contributed by atoms with E-state index < -0.39 is 24.7 Å². The molecule has 0 radical (unpaired) electrons. The van der Waals surface area contributed by atoms with E-state index in [-0.39, 0.29) is 12.4 Å². The molecule has 1 aliphatic rings. The van der Waals surface area contributed by atoms with Crippen molar-refractivity contribution in [2.24, 2.45) is 0 Å². The van der Waals surface area contributed by atoms with Crippen LogP contribution in [0.1, 0.15) is 11.6 Å². The van der Waals surface area contributed by atoms with Crippen molar-refractivity contribution < 1.29 is 31.8 Å². The monoisotopic (exact) mass is 279 g/mol. The number of hydrogen-bond acceptors (Lipinski definition) is 3. The van der Waals surface area contributed by atoms with Crippen LogP contribution in [0.4, 0.5) is 22.4 Å². The number of ether oxygens (including phenoxy) is 2. The van der Waals surface area contributed by atoms with Gasteiger partial charge in [0.25, 0.3) is 0 Å². The zero-order valence-electron chi connectivity index (χ0n) is 9.41. The molecule has 1 heterocycles. The maximum absolute atomic E-state index is 12.6. The average Bonchev–Trinajstić information content (AvgIpc) is 2.76. The first-order valence-electron chi connectivity index (χ1n) is 5.27. The van der Waals surface area contributed by atoms with E-state index in [4.69, 9.17) is 0 Å². The highest BCUT2D eigenvalue weighted by Crippen LogP contribution is 2.28. The summed E-state index contributed by atoms with van der Waals surface area (Å²) in [5.41, 5.74) is 0.596. The molecule has 0 aromatic heterocycles. The smallest absolute Gasteiger partial charge is 0.447 e. The molecule has 4 nitrogen and oxygen atoms in total. The molecule has 1 saturated heterocycles. The topological polar surface area (TPSA) is 47.6 Å². The second-order valence-electron chi connectivity index (χ2n) is 3.83. The number of alkyl halides is 4. The Kier molecular flexibility index (Phi) is 3.50. The fourth-order valence-electron chi connectivity index (χ4n) is 1.53. The van der Waals surface area contributed by atoms with Crippen LogP contribution in [0, 0.1) is 0 Å². The molecule has 1 aliphatic heterocycles. The Morgan fingerprint density at radius 3 is 2.42 bits per heavy atom. The zero-order valence-corrected chi connectivity index (χ0v) is 9.41. The lowest BCUT2D eigenvalue weighted by Crippen LogP contribution is -2.33. The summed E-state index contributed by atoms with van der Waals surface area (Å²) in [6.07, 6.45) is -9.02. The summed E-state index contributed by atoms with van der Waals surface area (Å²) in [5.74, 6) is -0.390. The molecule has 19 heavy (non-hydrogen) atoms. The Hall–Kier alpha value is -1.99. The van der Waals surface area contributed by atoms with Crippen LogP contribution in [0.5, 0.6) is 5.75 Å². The van der Waals surface area contributed by atoms with Crippen molar-refractivity contribution in [1.29, 1.82) is 0 Å². The number of rotatable bonds is 4. The van der Waals surface area contributed by atoms with Gasteiger partial charge in [-0.1, -0.05) is 12.1 Å². The Bertz CT molecular complexity index is 464. The van der Waals surface area contributed by atoms with Crippen molar-refractivity contribution in [2.75, 3.05) is 6.61 Å². The number of nitrogens with one attached hydrogen (secondary N) is 1. The quantitative estimate of drug-likeness (QED) is 0.862. The van der Waals surface area contributed by atoms with Gasteiger partial charge in [0.1, 0.15) is 12.4 Å². The predicted molar refractivity (Wildman–Crippen MR) is 55.2 cm³/mol. The van der Waals surface area contributed by atoms with Crippen molar-refractivity contribution in [3.63, 3.8) is 0 Å². The molecule has 0 bridgehead atoms. The van der Waals surface area contributed by atoms with Crippen molar-refractivity contribution >= 4 is 6.09 Å². The number of hydrogen-bond donors (Lipinski definition) is 1. The minimum atomic E-state index is -4.54. The Labute approximate surface area is 105 Å². The van der Waals surface area contributed by atoms with Crippen LogP contribution in [0.2, 0.25) is 0 Å². The van der Waals surface area contributed by atoms with Crippen LogP contribution in [0.15, 0.2) is 24.3 Å². The number of halogens is 4. The van der Waals surface area contributed by atoms with Crippen LogP contribution >= 0.6 is 0 Å². The van der Waals surface area contributed by atoms with E-state index in [1.165, 1.54) is 12.1 Å². The van der Waals surface area contributed by atoms with Crippen LogP contribution in [0.3, 0.4) is 0 Å². The molecule has 2 rings (SSSR count). The maximum atomic E-state index is 12.6. The van der Waals surface area contributed by atoms with Gasteiger partial charge in [0.2, 0.25) is 0 Å². The van der Waals surface area contributed by atoms with E-state index in [9.17, 15) is 22.4 Å². The van der Waals surface area contributed by atoms with Gasteiger partial charge in [0.15, 0.2) is 0 Å². The fraction of sp³-hybridized carbons (Fsp3) is 0.364. The van der Waals surface area contributed by atoms with Crippen LogP contribution in [0.25, 0.3) is 0 Å². The summed E-state index contributed by atoms with van der Waals surface area (Å²) in [4.78, 5) is 10.8. The number of cyclic esters (lactones) is 1. The standard InChI is InChI=1S/C11H9F4NO3/c12-9(13)11(14,15)19-7-3-1-6(2-4-7)8-5-18-10(17)16-8/h1-4,8-9H,5H2,(H,16,17)/t8-/m1/s1. The van der Waals surface area contributed by atoms with Crippen LogP contribution < -0.4 is 10.1 Å². The van der Waals surface area contributed by atoms with Gasteiger partial charge in [0, 0.05) is 0 Å². The molecule has 1 fully saturated rings. The van der Waals surface area contributed by atoms with Crippen LogP contribution in [-0.4, -0.2) is 25.2 Å². The highest BCUT2D eigenvalue weighted by Gasteiger charge is 2.43. The van der Waals surface area contributed by atoms with E-state index >= 15 is 0 Å². The second-order valence-corrected chi connectivity index (χ2v) is 3.83. The summed E-state index contributed by atoms with van der Waals surface area (Å²) >= 11 is 0. The Morgan fingerprint density at radius 2 is 1.95 bits per heavy atom. The molecule has 1 atom stereocenters. The lowest BCUT2D eigenvalue weighted by Gasteiger charge is -2.17. The number of amides is 1. The van der Waals surface area contributed by atoms with E-state index in [0.717, 1.165) is 12.1 Å². The molecule has 0 unspecified atom stereocenters. The molecular weight excluding hydrogens is 270 g/mol. The van der Waals surface area contributed by atoms with Crippen molar-refractivity contribution in [1.82, 2.24) is 5.32 Å². The molecule has 1 aromatic rings. The molecule has 0 saturated carbocycles. The maximum Gasteiger partial charge on any atom is 0.461 e. The third-order valence-electron chi connectivity index (χ3n) is 2.46. The van der Waals surface area contributed by atoms with Gasteiger partial charge in [-0.25, -0.2) is 4.79 Å². The average molecular weight is 279 g/mol. The molecule has 1 N–H and O–H groups in total. The Balaban J connectivity index is 2.04. The van der Waals surface area contributed by atoms with Gasteiger partial charge in [-0.3, -0.25) is 0 Å². The molecule has 8 heteroatoms.